The molecule has 0 atom stereocenters. The van der Waals surface area contributed by atoms with Crippen molar-refractivity contribution in [2.45, 2.75) is 10.8 Å². The highest BCUT2D eigenvalue weighted by Crippen LogP contribution is 2.26. The molecule has 3 rings (SSSR count). The van der Waals surface area contributed by atoms with E-state index < -0.39 is 10.0 Å². The topological polar surface area (TPSA) is 63.4 Å². The summed E-state index contributed by atoms with van der Waals surface area (Å²) in [6.07, 6.45) is 3.08. The van der Waals surface area contributed by atoms with Crippen molar-refractivity contribution in [1.29, 1.82) is 0 Å². The summed E-state index contributed by atoms with van der Waals surface area (Å²) in [6, 6.07) is 11.9. The summed E-state index contributed by atoms with van der Waals surface area (Å²) in [5.41, 5.74) is 0. The maximum Gasteiger partial charge on any atom is 0.275 e. The summed E-state index contributed by atoms with van der Waals surface area (Å²) in [4.78, 5) is 4.15. The lowest BCUT2D eigenvalue weighted by Crippen LogP contribution is -2.30. The molecule has 21 heavy (non-hydrogen) atoms. The molecule has 3 heterocycles. The molecule has 0 unspecified atom stereocenters. The fourth-order valence-electron chi connectivity index (χ4n) is 1.85. The highest BCUT2D eigenvalue weighted by atomic mass is 32.2. The fraction of sp³-hybridized carbons (Fsp3) is 0.0714. The molecule has 0 spiro atoms. The first-order valence-corrected chi connectivity index (χ1v) is 8.49. The molecule has 0 aromatic carbocycles. The molecule has 108 valence electrons. The van der Waals surface area contributed by atoms with Gasteiger partial charge < -0.3 is 4.42 Å². The van der Waals surface area contributed by atoms with Crippen LogP contribution in [0.4, 0.5) is 5.82 Å². The first kappa shape index (κ1) is 13.8. The van der Waals surface area contributed by atoms with Crippen LogP contribution in [0, 0.1) is 0 Å². The molecule has 0 saturated carbocycles. The van der Waals surface area contributed by atoms with E-state index >= 15 is 0 Å². The fourth-order valence-corrected chi connectivity index (χ4v) is 4.34. The van der Waals surface area contributed by atoms with Crippen molar-refractivity contribution in [2.24, 2.45) is 0 Å². The lowest BCUT2D eigenvalue weighted by molar-refractivity contribution is 0.508. The van der Waals surface area contributed by atoms with Crippen LogP contribution in [0.2, 0.25) is 0 Å². The number of thiophene rings is 1. The van der Waals surface area contributed by atoms with Gasteiger partial charge in [-0.25, -0.2) is 17.7 Å². The zero-order chi connectivity index (χ0) is 14.7. The summed E-state index contributed by atoms with van der Waals surface area (Å²) in [5.74, 6) is 0.920. The van der Waals surface area contributed by atoms with Crippen molar-refractivity contribution in [3.63, 3.8) is 0 Å². The van der Waals surface area contributed by atoms with Gasteiger partial charge in [0.2, 0.25) is 0 Å². The SMILES string of the molecule is O=S(=O)(c1cccs1)N(Cc1ccco1)c1ccccn1. The lowest BCUT2D eigenvalue weighted by atomic mass is 10.4. The number of furan rings is 1. The molecule has 0 bridgehead atoms. The zero-order valence-electron chi connectivity index (χ0n) is 10.9. The molecular formula is C14H12N2O3S2. The monoisotopic (exact) mass is 320 g/mol. The second-order valence-electron chi connectivity index (χ2n) is 4.21. The Morgan fingerprint density at radius 1 is 1.14 bits per heavy atom. The molecular weight excluding hydrogens is 308 g/mol. The van der Waals surface area contributed by atoms with Gasteiger partial charge in [-0.2, -0.15) is 0 Å². The summed E-state index contributed by atoms with van der Waals surface area (Å²) in [5, 5.41) is 1.73. The number of sulfonamides is 1. The Hall–Kier alpha value is -2.12. The van der Waals surface area contributed by atoms with Crippen molar-refractivity contribution in [3.8, 4) is 0 Å². The molecule has 0 aliphatic carbocycles. The first-order valence-electron chi connectivity index (χ1n) is 6.17. The van der Waals surface area contributed by atoms with Crippen LogP contribution < -0.4 is 4.31 Å². The van der Waals surface area contributed by atoms with E-state index in [9.17, 15) is 8.42 Å². The third-order valence-corrected chi connectivity index (χ3v) is 5.95. The van der Waals surface area contributed by atoms with E-state index in [-0.39, 0.29) is 10.8 Å². The summed E-state index contributed by atoms with van der Waals surface area (Å²) in [6.45, 7) is 0.101. The van der Waals surface area contributed by atoms with E-state index in [1.807, 2.05) is 0 Å². The van der Waals surface area contributed by atoms with Crippen LogP contribution in [0.5, 0.6) is 0 Å². The second-order valence-corrected chi connectivity index (χ2v) is 7.25. The molecule has 0 aliphatic rings. The Bertz CT molecular complexity index is 782. The van der Waals surface area contributed by atoms with Crippen LogP contribution >= 0.6 is 11.3 Å². The maximum atomic E-state index is 12.8. The van der Waals surface area contributed by atoms with E-state index in [0.717, 1.165) is 0 Å². The van der Waals surface area contributed by atoms with E-state index in [4.69, 9.17) is 4.42 Å². The van der Waals surface area contributed by atoms with Gasteiger partial charge in [-0.05, 0) is 35.7 Å². The standard InChI is InChI=1S/C14H12N2O3S2/c17-21(18,14-7-4-10-20-14)16(11-12-5-3-9-19-12)13-6-1-2-8-15-13/h1-10H,11H2. The number of rotatable bonds is 5. The molecule has 0 fully saturated rings. The third-order valence-electron chi connectivity index (χ3n) is 2.82. The predicted octanol–water partition coefficient (Wildman–Crippen LogP) is 3.13. The van der Waals surface area contributed by atoms with Crippen LogP contribution in [0.25, 0.3) is 0 Å². The van der Waals surface area contributed by atoms with E-state index in [0.29, 0.717) is 11.6 Å². The predicted molar refractivity (Wildman–Crippen MR) is 80.6 cm³/mol. The van der Waals surface area contributed by atoms with Gasteiger partial charge >= 0.3 is 0 Å². The van der Waals surface area contributed by atoms with E-state index in [1.54, 1.807) is 54.0 Å². The Kier molecular flexibility index (Phi) is 3.76. The van der Waals surface area contributed by atoms with Crippen molar-refractivity contribution in [3.05, 3.63) is 66.1 Å². The highest BCUT2D eigenvalue weighted by molar-refractivity contribution is 7.94. The minimum absolute atomic E-state index is 0.101. The van der Waals surface area contributed by atoms with Gasteiger partial charge in [-0.1, -0.05) is 12.1 Å². The van der Waals surface area contributed by atoms with Gasteiger partial charge in [0.25, 0.3) is 10.0 Å². The first-order chi connectivity index (χ1) is 10.2. The maximum absolute atomic E-state index is 12.8. The minimum Gasteiger partial charge on any atom is -0.467 e. The van der Waals surface area contributed by atoms with Crippen molar-refractivity contribution < 1.29 is 12.8 Å². The molecule has 0 amide bonds. The van der Waals surface area contributed by atoms with Crippen LogP contribution in [0.3, 0.4) is 0 Å². The molecule has 0 radical (unpaired) electrons. The summed E-state index contributed by atoms with van der Waals surface area (Å²) >= 11 is 1.18. The minimum atomic E-state index is -3.66. The average Bonchev–Trinajstić information content (AvgIpc) is 3.19. The number of aromatic nitrogens is 1. The lowest BCUT2D eigenvalue weighted by Gasteiger charge is -2.21. The number of pyridine rings is 1. The number of hydrogen-bond donors (Lipinski definition) is 0. The van der Waals surface area contributed by atoms with Crippen LogP contribution in [0.1, 0.15) is 5.76 Å². The van der Waals surface area contributed by atoms with E-state index in [1.165, 1.54) is 21.9 Å². The molecule has 5 nitrogen and oxygen atoms in total. The van der Waals surface area contributed by atoms with Crippen molar-refractivity contribution in [1.82, 2.24) is 4.98 Å². The Balaban J connectivity index is 2.04. The van der Waals surface area contributed by atoms with E-state index in [2.05, 4.69) is 4.98 Å². The zero-order valence-corrected chi connectivity index (χ0v) is 12.5. The summed E-state index contributed by atoms with van der Waals surface area (Å²) in [7, 11) is -3.66. The van der Waals surface area contributed by atoms with Crippen molar-refractivity contribution in [2.75, 3.05) is 4.31 Å². The van der Waals surface area contributed by atoms with Gasteiger partial charge in [0.1, 0.15) is 15.8 Å². The Morgan fingerprint density at radius 2 is 2.05 bits per heavy atom. The molecule has 0 saturated heterocycles. The third kappa shape index (κ3) is 2.84. The number of anilines is 1. The smallest absolute Gasteiger partial charge is 0.275 e. The molecule has 7 heteroatoms. The largest absolute Gasteiger partial charge is 0.467 e. The van der Waals surface area contributed by atoms with Gasteiger partial charge in [-0.15, -0.1) is 11.3 Å². The van der Waals surface area contributed by atoms with Crippen LogP contribution in [0.15, 0.2) is 68.9 Å². The highest BCUT2D eigenvalue weighted by Gasteiger charge is 2.27. The van der Waals surface area contributed by atoms with Gasteiger partial charge in [-0.3, -0.25) is 0 Å². The second kappa shape index (κ2) is 5.71. The van der Waals surface area contributed by atoms with Crippen LogP contribution in [-0.2, 0) is 16.6 Å². The number of nitrogens with zero attached hydrogens (tertiary/aromatic N) is 2. The average molecular weight is 320 g/mol. The van der Waals surface area contributed by atoms with Gasteiger partial charge in [0.15, 0.2) is 0 Å². The van der Waals surface area contributed by atoms with Crippen molar-refractivity contribution >= 4 is 27.2 Å². The van der Waals surface area contributed by atoms with Crippen LogP contribution in [-0.4, -0.2) is 13.4 Å². The molecule has 0 aliphatic heterocycles. The van der Waals surface area contributed by atoms with Gasteiger partial charge in [0.05, 0.1) is 12.8 Å². The Labute approximate surface area is 126 Å². The van der Waals surface area contributed by atoms with Gasteiger partial charge in [0, 0.05) is 6.20 Å². The normalized spacial score (nSPS) is 11.4. The Morgan fingerprint density at radius 3 is 2.67 bits per heavy atom. The molecule has 0 N–H and O–H groups in total. The summed E-state index contributed by atoms with van der Waals surface area (Å²) < 4.78 is 32.3. The molecule has 3 aromatic rings. The molecule has 3 aromatic heterocycles. The quantitative estimate of drug-likeness (QED) is 0.724. The number of hydrogen-bond acceptors (Lipinski definition) is 5.